The zero-order valence-electron chi connectivity index (χ0n) is 18.7. The Hall–Kier alpha value is -2.74. The van der Waals surface area contributed by atoms with E-state index in [0.29, 0.717) is 27.3 Å². The molecule has 1 amide bonds. The second-order valence-electron chi connectivity index (χ2n) is 8.03. The number of hydrogen-bond donors (Lipinski definition) is 1. The number of carbonyl (C=O) groups excluding carboxylic acids is 1. The Kier molecular flexibility index (Phi) is 7.89. The summed E-state index contributed by atoms with van der Waals surface area (Å²) in [6, 6.07) is 16.2. The van der Waals surface area contributed by atoms with Crippen LogP contribution in [0.1, 0.15) is 27.8 Å². The van der Waals surface area contributed by atoms with Gasteiger partial charge in [0.2, 0.25) is 15.9 Å². The van der Waals surface area contributed by atoms with Crippen LogP contribution < -0.4 is 5.32 Å². The van der Waals surface area contributed by atoms with Gasteiger partial charge in [0.25, 0.3) is 0 Å². The fraction of sp³-hybridized carbons (Fsp3) is 0.240. The van der Waals surface area contributed by atoms with E-state index >= 15 is 0 Å². The fourth-order valence-electron chi connectivity index (χ4n) is 3.74. The molecule has 174 valence electrons. The van der Waals surface area contributed by atoms with Crippen molar-refractivity contribution in [1.29, 1.82) is 0 Å². The smallest absolute Gasteiger partial charge is 0.244 e. The van der Waals surface area contributed by atoms with Gasteiger partial charge in [0.05, 0.1) is 11.4 Å². The molecule has 0 aliphatic carbocycles. The molecule has 0 spiro atoms. The van der Waals surface area contributed by atoms with Gasteiger partial charge in [0, 0.05) is 18.1 Å². The van der Waals surface area contributed by atoms with Crippen LogP contribution in [0.2, 0.25) is 5.02 Å². The molecule has 0 unspecified atom stereocenters. The molecule has 33 heavy (non-hydrogen) atoms. The van der Waals surface area contributed by atoms with Crippen LogP contribution in [-0.2, 0) is 27.9 Å². The van der Waals surface area contributed by atoms with Crippen molar-refractivity contribution in [3.8, 4) is 0 Å². The van der Waals surface area contributed by atoms with Crippen LogP contribution in [0.25, 0.3) is 0 Å². The van der Waals surface area contributed by atoms with E-state index in [0.717, 1.165) is 5.56 Å². The zero-order valence-corrected chi connectivity index (χ0v) is 20.3. The van der Waals surface area contributed by atoms with Gasteiger partial charge in [-0.05, 0) is 67.3 Å². The minimum Gasteiger partial charge on any atom is -0.351 e. The Morgan fingerprint density at radius 2 is 1.48 bits per heavy atom. The number of aryl methyl sites for hydroxylation is 3. The summed E-state index contributed by atoms with van der Waals surface area (Å²) in [5.74, 6) is -0.826. The molecule has 0 aromatic heterocycles. The predicted octanol–water partition coefficient (Wildman–Crippen LogP) is 4.91. The second-order valence-corrected chi connectivity index (χ2v) is 10.3. The molecular weight excluding hydrogens is 463 g/mol. The van der Waals surface area contributed by atoms with Gasteiger partial charge in [-0.3, -0.25) is 4.79 Å². The van der Waals surface area contributed by atoms with Crippen LogP contribution in [0, 0.1) is 26.6 Å². The summed E-state index contributed by atoms with van der Waals surface area (Å²) in [6.45, 7) is 5.22. The summed E-state index contributed by atoms with van der Waals surface area (Å²) < 4.78 is 41.6. The highest BCUT2D eigenvalue weighted by Crippen LogP contribution is 2.26. The van der Waals surface area contributed by atoms with E-state index in [1.165, 1.54) is 16.4 Å². The summed E-state index contributed by atoms with van der Waals surface area (Å²) in [7, 11) is -3.98. The molecule has 5 nitrogen and oxygen atoms in total. The maximum absolute atomic E-state index is 13.7. The van der Waals surface area contributed by atoms with Gasteiger partial charge < -0.3 is 5.32 Å². The molecule has 0 fully saturated rings. The molecule has 1 N–H and O–H groups in total. The standard InChI is InChI=1S/C25H26ClFN2O3S/c1-17-12-18(2)25(19(3)13-17)33(31,32)29(15-21-4-8-22(26)9-5-21)16-24(30)28-14-20-6-10-23(27)11-7-20/h4-13H,14-16H2,1-3H3,(H,28,30). The summed E-state index contributed by atoms with van der Waals surface area (Å²) >= 11 is 5.96. The van der Waals surface area contributed by atoms with Crippen molar-refractivity contribution in [2.45, 2.75) is 38.8 Å². The molecule has 8 heteroatoms. The van der Waals surface area contributed by atoms with Gasteiger partial charge in [0.15, 0.2) is 0 Å². The van der Waals surface area contributed by atoms with Crippen LogP contribution in [0.4, 0.5) is 4.39 Å². The number of sulfonamides is 1. The highest BCUT2D eigenvalue weighted by atomic mass is 35.5. The van der Waals surface area contributed by atoms with Crippen molar-refractivity contribution in [2.24, 2.45) is 0 Å². The Morgan fingerprint density at radius 3 is 2.06 bits per heavy atom. The third-order valence-electron chi connectivity index (χ3n) is 5.20. The van der Waals surface area contributed by atoms with Crippen LogP contribution in [0.15, 0.2) is 65.6 Å². The Labute approximate surface area is 199 Å². The minimum absolute atomic E-state index is 0.0101. The summed E-state index contributed by atoms with van der Waals surface area (Å²) in [5.41, 5.74) is 3.63. The quantitative estimate of drug-likeness (QED) is 0.490. The van der Waals surface area contributed by atoms with Crippen LogP contribution >= 0.6 is 11.6 Å². The fourth-order valence-corrected chi connectivity index (χ4v) is 5.66. The molecule has 0 bridgehead atoms. The molecule has 3 aromatic carbocycles. The van der Waals surface area contributed by atoms with Gasteiger partial charge in [-0.15, -0.1) is 0 Å². The molecule has 0 aliphatic heterocycles. The summed E-state index contributed by atoms with van der Waals surface area (Å²) in [6.07, 6.45) is 0. The average Bonchev–Trinajstić information content (AvgIpc) is 2.73. The molecule has 0 radical (unpaired) electrons. The van der Waals surface area contributed by atoms with Gasteiger partial charge in [-0.25, -0.2) is 12.8 Å². The number of nitrogens with zero attached hydrogens (tertiary/aromatic N) is 1. The Balaban J connectivity index is 1.87. The lowest BCUT2D eigenvalue weighted by Crippen LogP contribution is -2.40. The zero-order chi connectivity index (χ0) is 24.2. The minimum atomic E-state index is -3.98. The molecule has 0 atom stereocenters. The van der Waals surface area contributed by atoms with E-state index in [2.05, 4.69) is 5.32 Å². The first-order valence-electron chi connectivity index (χ1n) is 10.4. The highest BCUT2D eigenvalue weighted by Gasteiger charge is 2.30. The van der Waals surface area contributed by atoms with Crippen molar-refractivity contribution in [3.05, 3.63) is 99.3 Å². The number of nitrogens with one attached hydrogen (secondary N) is 1. The molecular formula is C25H26ClFN2O3S. The normalized spacial score (nSPS) is 11.6. The SMILES string of the molecule is Cc1cc(C)c(S(=O)(=O)N(CC(=O)NCc2ccc(F)cc2)Cc2ccc(Cl)cc2)c(C)c1. The lowest BCUT2D eigenvalue weighted by molar-refractivity contribution is -0.121. The first kappa shape index (κ1) is 24.9. The molecule has 0 saturated carbocycles. The lowest BCUT2D eigenvalue weighted by atomic mass is 10.1. The predicted molar refractivity (Wildman–Crippen MR) is 128 cm³/mol. The van der Waals surface area contributed by atoms with Crippen LogP contribution in [0.3, 0.4) is 0 Å². The van der Waals surface area contributed by atoms with Crippen molar-refractivity contribution in [3.63, 3.8) is 0 Å². The maximum atomic E-state index is 13.7. The first-order chi connectivity index (χ1) is 15.6. The number of amides is 1. The van der Waals surface area contributed by atoms with Crippen LogP contribution in [0.5, 0.6) is 0 Å². The summed E-state index contributed by atoms with van der Waals surface area (Å²) in [5, 5.41) is 3.25. The van der Waals surface area contributed by atoms with E-state index < -0.39 is 15.9 Å². The number of hydrogen-bond acceptors (Lipinski definition) is 3. The van der Waals surface area contributed by atoms with Gasteiger partial charge in [-0.1, -0.05) is 53.6 Å². The molecule has 3 aromatic rings. The third-order valence-corrected chi connectivity index (χ3v) is 7.55. The van der Waals surface area contributed by atoms with Gasteiger partial charge in [-0.2, -0.15) is 4.31 Å². The molecule has 0 saturated heterocycles. The topological polar surface area (TPSA) is 66.5 Å². The summed E-state index contributed by atoms with van der Waals surface area (Å²) in [4.78, 5) is 12.9. The van der Waals surface area contributed by atoms with E-state index in [4.69, 9.17) is 11.6 Å². The first-order valence-corrected chi connectivity index (χ1v) is 12.2. The molecule has 0 aliphatic rings. The van der Waals surface area contributed by atoms with E-state index in [-0.39, 0.29) is 30.3 Å². The van der Waals surface area contributed by atoms with E-state index in [1.807, 2.05) is 19.1 Å². The third kappa shape index (κ3) is 6.41. The number of rotatable bonds is 8. The van der Waals surface area contributed by atoms with Crippen molar-refractivity contribution in [1.82, 2.24) is 9.62 Å². The van der Waals surface area contributed by atoms with Crippen molar-refractivity contribution in [2.75, 3.05) is 6.54 Å². The number of halogens is 2. The molecule has 0 heterocycles. The number of benzene rings is 3. The monoisotopic (exact) mass is 488 g/mol. The van der Waals surface area contributed by atoms with Gasteiger partial charge in [0.1, 0.15) is 5.82 Å². The maximum Gasteiger partial charge on any atom is 0.244 e. The molecule has 3 rings (SSSR count). The van der Waals surface area contributed by atoms with Gasteiger partial charge >= 0.3 is 0 Å². The second kappa shape index (κ2) is 10.5. The Morgan fingerprint density at radius 1 is 0.939 bits per heavy atom. The number of carbonyl (C=O) groups is 1. The van der Waals surface area contributed by atoms with Crippen molar-refractivity contribution < 1.29 is 17.6 Å². The van der Waals surface area contributed by atoms with Crippen LogP contribution in [-0.4, -0.2) is 25.2 Å². The van der Waals surface area contributed by atoms with E-state index in [1.54, 1.807) is 50.2 Å². The Bertz CT molecular complexity index is 1220. The largest absolute Gasteiger partial charge is 0.351 e. The van der Waals surface area contributed by atoms with Crippen molar-refractivity contribution >= 4 is 27.5 Å². The lowest BCUT2D eigenvalue weighted by Gasteiger charge is -2.24. The highest BCUT2D eigenvalue weighted by molar-refractivity contribution is 7.89. The average molecular weight is 489 g/mol. The van der Waals surface area contributed by atoms with E-state index in [9.17, 15) is 17.6 Å².